The van der Waals surface area contributed by atoms with E-state index in [0.29, 0.717) is 59.8 Å². The minimum atomic E-state index is -0.265. The first-order valence-electron chi connectivity index (χ1n) is 12.4. The Bertz CT molecular complexity index is 1410. The summed E-state index contributed by atoms with van der Waals surface area (Å²) in [4.78, 5) is 29.8. The van der Waals surface area contributed by atoms with Crippen LogP contribution in [0.4, 0.5) is 11.6 Å². The number of aromatic nitrogens is 4. The molecule has 3 aromatic rings. The van der Waals surface area contributed by atoms with Crippen molar-refractivity contribution < 1.29 is 4.74 Å². The Morgan fingerprint density at radius 2 is 1.97 bits per heavy atom. The summed E-state index contributed by atoms with van der Waals surface area (Å²) in [6.45, 7) is 2.17. The van der Waals surface area contributed by atoms with Crippen LogP contribution in [0.5, 0.6) is 0 Å². The topological polar surface area (TPSA) is 126 Å². The summed E-state index contributed by atoms with van der Waals surface area (Å²) in [5.41, 5.74) is 6.73. The second-order valence-electron chi connectivity index (χ2n) is 9.63. The summed E-state index contributed by atoms with van der Waals surface area (Å²) in [5, 5.41) is 12.7. The van der Waals surface area contributed by atoms with E-state index in [2.05, 4.69) is 20.9 Å². The van der Waals surface area contributed by atoms with Gasteiger partial charge in [0.1, 0.15) is 23.8 Å². The van der Waals surface area contributed by atoms with Gasteiger partial charge in [-0.1, -0.05) is 30.5 Å². The minimum Gasteiger partial charge on any atom is -0.382 e. The zero-order valence-electron chi connectivity index (χ0n) is 19.8. The second kappa shape index (κ2) is 9.22. The van der Waals surface area contributed by atoms with Crippen molar-refractivity contribution in [1.82, 2.24) is 19.6 Å². The number of nitrogens with two attached hydrogens (primary N) is 1. The molecule has 0 spiro atoms. The Morgan fingerprint density at radius 3 is 2.78 bits per heavy atom. The molecule has 2 N–H and O–H groups in total. The van der Waals surface area contributed by atoms with Crippen LogP contribution in [0.25, 0.3) is 10.9 Å². The fourth-order valence-corrected chi connectivity index (χ4v) is 6.38. The van der Waals surface area contributed by atoms with Crippen LogP contribution in [0.2, 0.25) is 5.02 Å². The number of nitriles is 1. The number of ether oxygens (including phenoxy) is 1. The van der Waals surface area contributed by atoms with Gasteiger partial charge < -0.3 is 20.4 Å². The Morgan fingerprint density at radius 1 is 1.17 bits per heavy atom. The molecule has 10 nitrogen and oxygen atoms in total. The highest BCUT2D eigenvalue weighted by molar-refractivity contribution is 6.35. The van der Waals surface area contributed by atoms with Crippen molar-refractivity contribution in [3.63, 3.8) is 0 Å². The maximum absolute atomic E-state index is 14.0. The van der Waals surface area contributed by atoms with Gasteiger partial charge in [0.2, 0.25) is 0 Å². The Kier molecular flexibility index (Phi) is 5.90. The molecule has 0 amide bonds. The monoisotopic (exact) mass is 506 g/mol. The lowest BCUT2D eigenvalue weighted by atomic mass is 9.84. The van der Waals surface area contributed by atoms with E-state index in [9.17, 15) is 10.1 Å². The summed E-state index contributed by atoms with van der Waals surface area (Å²) in [6, 6.07) is 7.47. The van der Waals surface area contributed by atoms with E-state index >= 15 is 0 Å². The van der Waals surface area contributed by atoms with Crippen LogP contribution in [-0.4, -0.2) is 52.0 Å². The molecule has 2 aromatic heterocycles. The van der Waals surface area contributed by atoms with Gasteiger partial charge in [-0.2, -0.15) is 5.26 Å². The van der Waals surface area contributed by atoms with E-state index in [-0.39, 0.29) is 29.0 Å². The Hall–Kier alpha value is -3.42. The van der Waals surface area contributed by atoms with Gasteiger partial charge in [-0.15, -0.1) is 0 Å². The molecule has 11 heteroatoms. The van der Waals surface area contributed by atoms with Gasteiger partial charge in [0.25, 0.3) is 5.56 Å². The van der Waals surface area contributed by atoms with E-state index in [1.807, 2.05) is 17.1 Å². The number of anilines is 2. The highest BCUT2D eigenvalue weighted by Crippen LogP contribution is 2.48. The summed E-state index contributed by atoms with van der Waals surface area (Å²) >= 11 is 6.49. The minimum absolute atomic E-state index is 0.157. The van der Waals surface area contributed by atoms with Gasteiger partial charge >= 0.3 is 0 Å². The van der Waals surface area contributed by atoms with Crippen LogP contribution in [0.1, 0.15) is 49.5 Å². The molecule has 1 aromatic carbocycles. The summed E-state index contributed by atoms with van der Waals surface area (Å²) in [7, 11) is 0. The van der Waals surface area contributed by atoms with E-state index < -0.39 is 0 Å². The quantitative estimate of drug-likeness (QED) is 0.570. The van der Waals surface area contributed by atoms with Crippen molar-refractivity contribution in [2.24, 2.45) is 5.92 Å². The second-order valence-corrected chi connectivity index (χ2v) is 10.0. The smallest absolute Gasteiger partial charge is 0.281 e. The standard InChI is InChI=1S/C25H27ClN8O2/c26-17-5-3-6-18-21(17)25(35)34(32-8-10-36-11-9-32)24(31-18)20-12-15-4-1-2-7-19(15)33(20)23-16(13-27)22(28)29-14-30-23/h3,5-6,14-15,19-20H,1-2,4,7-12H2,(H2,28,29,30)/t15-,19-,20-/m0/s1. The largest absolute Gasteiger partial charge is 0.382 e. The fourth-order valence-electron chi connectivity index (χ4n) is 6.13. The van der Waals surface area contributed by atoms with Gasteiger partial charge in [-0.3, -0.25) is 4.79 Å². The van der Waals surface area contributed by atoms with Crippen molar-refractivity contribution in [3.05, 3.63) is 51.3 Å². The van der Waals surface area contributed by atoms with Gasteiger partial charge in [0, 0.05) is 6.04 Å². The summed E-state index contributed by atoms with van der Waals surface area (Å²) < 4.78 is 7.26. The Balaban J connectivity index is 1.60. The third-order valence-corrected chi connectivity index (χ3v) is 8.03. The molecule has 4 heterocycles. The average molecular weight is 507 g/mol. The average Bonchev–Trinajstić information content (AvgIpc) is 3.28. The number of hydrogen-bond acceptors (Lipinski definition) is 9. The molecule has 2 saturated heterocycles. The van der Waals surface area contributed by atoms with Crippen LogP contribution in [-0.2, 0) is 4.74 Å². The van der Waals surface area contributed by atoms with Crippen LogP contribution in [0.15, 0.2) is 29.3 Å². The third kappa shape index (κ3) is 3.65. The van der Waals surface area contributed by atoms with Gasteiger partial charge in [0.15, 0.2) is 11.6 Å². The van der Waals surface area contributed by atoms with Crippen molar-refractivity contribution in [1.29, 1.82) is 5.26 Å². The van der Waals surface area contributed by atoms with Gasteiger partial charge in [-0.25, -0.2) is 19.6 Å². The van der Waals surface area contributed by atoms with Crippen molar-refractivity contribution in [3.8, 4) is 6.07 Å². The normalized spacial score (nSPS) is 24.1. The fraction of sp³-hybridized carbons (Fsp3) is 0.480. The number of halogens is 1. The maximum Gasteiger partial charge on any atom is 0.281 e. The molecule has 36 heavy (non-hydrogen) atoms. The van der Waals surface area contributed by atoms with Crippen LogP contribution in [0.3, 0.4) is 0 Å². The highest BCUT2D eigenvalue weighted by Gasteiger charge is 2.46. The van der Waals surface area contributed by atoms with Crippen molar-refractivity contribution in [2.45, 2.75) is 44.2 Å². The van der Waals surface area contributed by atoms with Crippen LogP contribution < -0.4 is 21.2 Å². The number of nitrogen functional groups attached to an aromatic ring is 1. The summed E-state index contributed by atoms with van der Waals surface area (Å²) in [6.07, 6.45) is 6.54. The molecule has 3 aliphatic rings. The number of fused-ring (bicyclic) bond motifs is 2. The first-order chi connectivity index (χ1) is 17.6. The molecular formula is C25H27ClN8O2. The number of nitrogens with zero attached hydrogens (tertiary/aromatic N) is 7. The molecular weight excluding hydrogens is 480 g/mol. The summed E-state index contributed by atoms with van der Waals surface area (Å²) in [5.74, 6) is 1.70. The lowest BCUT2D eigenvalue weighted by Gasteiger charge is -2.37. The number of hydrogen-bond donors (Lipinski definition) is 1. The number of rotatable bonds is 3. The first-order valence-corrected chi connectivity index (χ1v) is 12.8. The number of morpholine rings is 1. The van der Waals surface area contributed by atoms with E-state index in [0.717, 1.165) is 32.1 Å². The molecule has 6 rings (SSSR count). The molecule has 3 atom stereocenters. The van der Waals surface area contributed by atoms with Gasteiger partial charge in [-0.05, 0) is 37.3 Å². The molecule has 1 saturated carbocycles. The van der Waals surface area contributed by atoms with E-state index in [1.165, 1.54) is 6.33 Å². The SMILES string of the molecule is N#Cc1c(N)ncnc1N1[C@H](c2nc3cccc(Cl)c3c(=O)n2N2CCOCC2)C[C@@H]2CCCC[C@@H]21. The number of benzene rings is 1. The third-order valence-electron chi connectivity index (χ3n) is 7.72. The first kappa shape index (κ1) is 23.0. The van der Waals surface area contributed by atoms with Crippen molar-refractivity contribution in [2.75, 3.05) is 41.9 Å². The lowest BCUT2D eigenvalue weighted by Crippen LogP contribution is -2.51. The molecule has 2 aliphatic heterocycles. The lowest BCUT2D eigenvalue weighted by molar-refractivity contribution is 0.109. The van der Waals surface area contributed by atoms with E-state index in [4.69, 9.17) is 27.1 Å². The molecule has 0 unspecified atom stereocenters. The zero-order valence-corrected chi connectivity index (χ0v) is 20.6. The van der Waals surface area contributed by atoms with Crippen molar-refractivity contribution >= 4 is 34.1 Å². The molecule has 186 valence electrons. The Labute approximate surface area is 213 Å². The van der Waals surface area contributed by atoms with E-state index in [1.54, 1.807) is 10.7 Å². The molecule has 0 bridgehead atoms. The van der Waals surface area contributed by atoms with Crippen LogP contribution >= 0.6 is 11.6 Å². The van der Waals surface area contributed by atoms with Gasteiger partial charge in [0.05, 0.1) is 48.3 Å². The maximum atomic E-state index is 14.0. The van der Waals surface area contributed by atoms with Crippen LogP contribution in [0, 0.1) is 17.2 Å². The molecule has 0 radical (unpaired) electrons. The zero-order chi connectivity index (χ0) is 24.8. The molecule has 3 fully saturated rings. The predicted molar refractivity (Wildman–Crippen MR) is 137 cm³/mol. The highest BCUT2D eigenvalue weighted by atomic mass is 35.5. The predicted octanol–water partition coefficient (Wildman–Crippen LogP) is 2.77. The molecule has 1 aliphatic carbocycles.